The van der Waals surface area contributed by atoms with E-state index in [0.29, 0.717) is 12.4 Å². The van der Waals surface area contributed by atoms with Crippen LogP contribution in [0.3, 0.4) is 0 Å². The zero-order chi connectivity index (χ0) is 20.8. The minimum atomic E-state index is -2.93. The molecule has 0 aromatic heterocycles. The van der Waals surface area contributed by atoms with Gasteiger partial charge in [0.05, 0.1) is 11.4 Å². The van der Waals surface area contributed by atoms with Crippen molar-refractivity contribution in [3.05, 3.63) is 82.9 Å². The van der Waals surface area contributed by atoms with Gasteiger partial charge < -0.3 is 15.2 Å². The molecule has 0 saturated heterocycles. The van der Waals surface area contributed by atoms with Gasteiger partial charge in [0.15, 0.2) is 0 Å². The Balaban J connectivity index is 1.68. The first-order valence-corrected chi connectivity index (χ1v) is 9.12. The molecular formula is C22H18ClF2NO3. The molecule has 3 aromatic carbocycles. The zero-order valence-corrected chi connectivity index (χ0v) is 16.0. The zero-order valence-electron chi connectivity index (χ0n) is 15.3. The SMILES string of the molecule is NC(=O)Cc1ccc(OCc2cccc(-c3ccc(OC(F)F)c(Cl)c3)c2)cc1. The molecule has 0 aliphatic rings. The van der Waals surface area contributed by atoms with Crippen molar-refractivity contribution < 1.29 is 23.0 Å². The van der Waals surface area contributed by atoms with Crippen LogP contribution in [-0.4, -0.2) is 12.5 Å². The standard InChI is InChI=1S/C22H18ClF2NO3/c23-19-12-17(6-9-20(19)29-22(24)25)16-3-1-2-15(10-16)13-28-18-7-4-14(5-8-18)11-21(26)27/h1-10,12,22H,11,13H2,(H2,26,27). The van der Waals surface area contributed by atoms with Crippen LogP contribution >= 0.6 is 11.6 Å². The van der Waals surface area contributed by atoms with Crippen LogP contribution in [-0.2, 0) is 17.8 Å². The molecule has 0 heterocycles. The van der Waals surface area contributed by atoms with E-state index in [0.717, 1.165) is 22.3 Å². The van der Waals surface area contributed by atoms with Gasteiger partial charge in [0.2, 0.25) is 5.91 Å². The molecule has 0 spiro atoms. The summed E-state index contributed by atoms with van der Waals surface area (Å²) in [7, 11) is 0. The highest BCUT2D eigenvalue weighted by atomic mass is 35.5. The second-order valence-corrected chi connectivity index (χ2v) is 6.71. The smallest absolute Gasteiger partial charge is 0.387 e. The van der Waals surface area contributed by atoms with Gasteiger partial charge >= 0.3 is 6.61 Å². The van der Waals surface area contributed by atoms with Gasteiger partial charge in [-0.15, -0.1) is 0 Å². The van der Waals surface area contributed by atoms with Crippen molar-refractivity contribution >= 4 is 17.5 Å². The van der Waals surface area contributed by atoms with Crippen LogP contribution < -0.4 is 15.2 Å². The fraction of sp³-hybridized carbons (Fsp3) is 0.136. The van der Waals surface area contributed by atoms with Gasteiger partial charge in [-0.2, -0.15) is 8.78 Å². The number of rotatable bonds is 8. The largest absolute Gasteiger partial charge is 0.489 e. The lowest BCUT2D eigenvalue weighted by atomic mass is 10.0. The Morgan fingerprint density at radius 2 is 1.69 bits per heavy atom. The van der Waals surface area contributed by atoms with E-state index < -0.39 is 6.61 Å². The number of halogens is 3. The number of primary amides is 1. The van der Waals surface area contributed by atoms with Crippen molar-refractivity contribution in [2.24, 2.45) is 5.73 Å². The van der Waals surface area contributed by atoms with Gasteiger partial charge in [-0.1, -0.05) is 48.0 Å². The van der Waals surface area contributed by atoms with E-state index in [1.165, 1.54) is 6.07 Å². The second-order valence-electron chi connectivity index (χ2n) is 6.30. The van der Waals surface area contributed by atoms with Gasteiger partial charge in [0, 0.05) is 0 Å². The summed E-state index contributed by atoms with van der Waals surface area (Å²) in [6.07, 6.45) is 0.187. The number of hydrogen-bond acceptors (Lipinski definition) is 3. The number of carbonyl (C=O) groups is 1. The third-order valence-electron chi connectivity index (χ3n) is 4.12. The minimum absolute atomic E-state index is 0.0651. The number of amides is 1. The molecule has 3 aromatic rings. The Bertz CT molecular complexity index is 994. The van der Waals surface area contributed by atoms with Crippen LogP contribution in [0.1, 0.15) is 11.1 Å². The summed E-state index contributed by atoms with van der Waals surface area (Å²) in [6, 6.07) is 19.4. The summed E-state index contributed by atoms with van der Waals surface area (Å²) in [5, 5.41) is 0.112. The van der Waals surface area contributed by atoms with Crippen molar-refractivity contribution in [2.75, 3.05) is 0 Å². The number of ether oxygens (including phenoxy) is 2. The third-order valence-corrected chi connectivity index (χ3v) is 4.41. The molecule has 29 heavy (non-hydrogen) atoms. The predicted molar refractivity (Wildman–Crippen MR) is 107 cm³/mol. The highest BCUT2D eigenvalue weighted by Crippen LogP contribution is 2.31. The van der Waals surface area contributed by atoms with Crippen molar-refractivity contribution in [1.82, 2.24) is 0 Å². The van der Waals surface area contributed by atoms with Crippen molar-refractivity contribution in [3.63, 3.8) is 0 Å². The molecule has 150 valence electrons. The monoisotopic (exact) mass is 417 g/mol. The normalized spacial score (nSPS) is 10.8. The molecule has 0 unspecified atom stereocenters. The first kappa shape index (κ1) is 20.6. The molecule has 4 nitrogen and oxygen atoms in total. The predicted octanol–water partition coefficient (Wildman–Crippen LogP) is 5.22. The number of hydrogen-bond donors (Lipinski definition) is 1. The Morgan fingerprint density at radius 1 is 0.966 bits per heavy atom. The topological polar surface area (TPSA) is 61.6 Å². The Labute approximate surface area is 171 Å². The number of alkyl halides is 2. The van der Waals surface area contributed by atoms with E-state index in [1.54, 1.807) is 36.4 Å². The molecule has 0 aliphatic heterocycles. The molecule has 0 radical (unpaired) electrons. The van der Waals surface area contributed by atoms with Gasteiger partial charge in [-0.25, -0.2) is 0 Å². The van der Waals surface area contributed by atoms with E-state index in [-0.39, 0.29) is 23.1 Å². The molecule has 0 aliphatic carbocycles. The Hall–Kier alpha value is -3.12. The highest BCUT2D eigenvalue weighted by Gasteiger charge is 2.10. The molecular weight excluding hydrogens is 400 g/mol. The molecule has 7 heteroatoms. The van der Waals surface area contributed by atoms with E-state index in [1.807, 2.05) is 24.3 Å². The van der Waals surface area contributed by atoms with Crippen molar-refractivity contribution in [1.29, 1.82) is 0 Å². The summed E-state index contributed by atoms with van der Waals surface area (Å²) in [4.78, 5) is 10.9. The fourth-order valence-corrected chi connectivity index (χ4v) is 3.01. The second kappa shape index (κ2) is 9.39. The molecule has 0 fully saturated rings. The van der Waals surface area contributed by atoms with E-state index in [2.05, 4.69) is 4.74 Å². The van der Waals surface area contributed by atoms with Crippen LogP contribution in [0, 0.1) is 0 Å². The van der Waals surface area contributed by atoms with Gasteiger partial charge in [-0.05, 0) is 52.6 Å². The van der Waals surface area contributed by atoms with Crippen LogP contribution in [0.25, 0.3) is 11.1 Å². The Kier molecular flexibility index (Phi) is 6.67. The molecule has 3 rings (SSSR count). The number of nitrogens with two attached hydrogens (primary N) is 1. The fourth-order valence-electron chi connectivity index (χ4n) is 2.78. The Morgan fingerprint density at radius 3 is 2.34 bits per heavy atom. The van der Waals surface area contributed by atoms with E-state index in [9.17, 15) is 13.6 Å². The molecule has 1 amide bonds. The van der Waals surface area contributed by atoms with Gasteiger partial charge in [0.25, 0.3) is 0 Å². The van der Waals surface area contributed by atoms with E-state index in [4.69, 9.17) is 22.1 Å². The number of carbonyl (C=O) groups excluding carboxylic acids is 1. The first-order valence-electron chi connectivity index (χ1n) is 8.74. The molecule has 0 atom stereocenters. The lowest BCUT2D eigenvalue weighted by Gasteiger charge is -2.11. The summed E-state index contributed by atoms with van der Waals surface area (Å²) >= 11 is 6.04. The quantitative estimate of drug-likeness (QED) is 0.547. The maximum Gasteiger partial charge on any atom is 0.387 e. The van der Waals surface area contributed by atoms with Crippen LogP contribution in [0.2, 0.25) is 5.02 Å². The van der Waals surface area contributed by atoms with E-state index >= 15 is 0 Å². The maximum atomic E-state index is 12.4. The van der Waals surface area contributed by atoms with Crippen molar-refractivity contribution in [3.8, 4) is 22.6 Å². The molecule has 0 bridgehead atoms. The summed E-state index contributed by atoms with van der Waals surface area (Å²) < 4.78 is 34.9. The highest BCUT2D eigenvalue weighted by molar-refractivity contribution is 6.32. The van der Waals surface area contributed by atoms with Crippen LogP contribution in [0.15, 0.2) is 66.7 Å². The third kappa shape index (κ3) is 5.93. The summed E-state index contributed by atoms with van der Waals surface area (Å²) in [5.74, 6) is 0.217. The van der Waals surface area contributed by atoms with Crippen LogP contribution in [0.5, 0.6) is 11.5 Å². The summed E-state index contributed by atoms with van der Waals surface area (Å²) in [6.45, 7) is -2.59. The maximum absolute atomic E-state index is 12.4. The van der Waals surface area contributed by atoms with Crippen molar-refractivity contribution in [2.45, 2.75) is 19.6 Å². The lowest BCUT2D eigenvalue weighted by Crippen LogP contribution is -2.13. The number of benzene rings is 3. The molecule has 0 saturated carbocycles. The average molecular weight is 418 g/mol. The first-order chi connectivity index (χ1) is 13.9. The van der Waals surface area contributed by atoms with Gasteiger partial charge in [-0.3, -0.25) is 4.79 Å². The van der Waals surface area contributed by atoms with Crippen LogP contribution in [0.4, 0.5) is 8.78 Å². The minimum Gasteiger partial charge on any atom is -0.489 e. The lowest BCUT2D eigenvalue weighted by molar-refractivity contribution is -0.117. The summed E-state index contributed by atoms with van der Waals surface area (Å²) in [5.41, 5.74) is 8.57. The van der Waals surface area contributed by atoms with Gasteiger partial charge in [0.1, 0.15) is 18.1 Å². The average Bonchev–Trinajstić information content (AvgIpc) is 2.68. The molecule has 2 N–H and O–H groups in total.